The number of piperidine rings is 1. The van der Waals surface area contributed by atoms with Crippen molar-refractivity contribution in [2.24, 2.45) is 11.1 Å². The van der Waals surface area contributed by atoms with Crippen LogP contribution in [0.2, 0.25) is 0 Å². The van der Waals surface area contributed by atoms with E-state index in [1.165, 1.54) is 0 Å². The molecule has 19 heavy (non-hydrogen) atoms. The van der Waals surface area contributed by atoms with Gasteiger partial charge in [0, 0.05) is 13.1 Å². The minimum atomic E-state index is 0.0644. The molecule has 0 atom stereocenters. The molecule has 1 aliphatic rings. The number of amides is 1. The molecule has 0 radical (unpaired) electrons. The Morgan fingerprint density at radius 2 is 2.00 bits per heavy atom. The van der Waals surface area contributed by atoms with Crippen molar-refractivity contribution in [2.45, 2.75) is 33.6 Å². The Bertz CT molecular complexity index is 478. The van der Waals surface area contributed by atoms with Gasteiger partial charge < -0.3 is 10.6 Å². The zero-order chi connectivity index (χ0) is 14.0. The second-order valence-corrected chi connectivity index (χ2v) is 5.79. The highest BCUT2D eigenvalue weighted by atomic mass is 16.2. The standard InChI is InChI=1S/C14H22N4O/c1-10-8-12(11(2)17-16-10)13(19)18-6-4-14(3,9-15)5-7-18/h8H,4-7,9,15H2,1-3H3. The number of hydrogen-bond acceptors (Lipinski definition) is 4. The lowest BCUT2D eigenvalue weighted by atomic mass is 9.80. The van der Waals surface area contributed by atoms with E-state index in [4.69, 9.17) is 5.73 Å². The van der Waals surface area contributed by atoms with Crippen LogP contribution in [-0.4, -0.2) is 40.6 Å². The van der Waals surface area contributed by atoms with E-state index in [1.54, 1.807) is 0 Å². The average molecular weight is 262 g/mol. The van der Waals surface area contributed by atoms with E-state index in [0.29, 0.717) is 17.8 Å². The normalized spacial score (nSPS) is 18.4. The third kappa shape index (κ3) is 2.92. The zero-order valence-corrected chi connectivity index (χ0v) is 11.9. The van der Waals surface area contributed by atoms with Crippen molar-refractivity contribution < 1.29 is 4.79 Å². The van der Waals surface area contributed by atoms with Gasteiger partial charge in [-0.3, -0.25) is 4.79 Å². The van der Waals surface area contributed by atoms with Gasteiger partial charge in [-0.2, -0.15) is 10.2 Å². The van der Waals surface area contributed by atoms with Crippen LogP contribution >= 0.6 is 0 Å². The third-order valence-electron chi connectivity index (χ3n) is 4.08. The highest BCUT2D eigenvalue weighted by Crippen LogP contribution is 2.30. The molecule has 5 heteroatoms. The Morgan fingerprint density at radius 3 is 2.58 bits per heavy atom. The van der Waals surface area contributed by atoms with E-state index in [1.807, 2.05) is 24.8 Å². The fourth-order valence-corrected chi connectivity index (χ4v) is 2.39. The first-order valence-corrected chi connectivity index (χ1v) is 6.75. The summed E-state index contributed by atoms with van der Waals surface area (Å²) in [6.07, 6.45) is 1.93. The van der Waals surface area contributed by atoms with Crippen LogP contribution in [0.1, 0.15) is 41.5 Å². The van der Waals surface area contributed by atoms with Crippen LogP contribution in [-0.2, 0) is 0 Å². The molecule has 0 aliphatic carbocycles. The minimum absolute atomic E-state index is 0.0644. The number of hydrogen-bond donors (Lipinski definition) is 1. The number of rotatable bonds is 2. The van der Waals surface area contributed by atoms with Crippen LogP contribution in [0.4, 0.5) is 0 Å². The molecule has 2 heterocycles. The number of nitrogens with two attached hydrogens (primary N) is 1. The Balaban J connectivity index is 2.11. The van der Waals surface area contributed by atoms with Gasteiger partial charge in [0.05, 0.1) is 17.0 Å². The molecule has 2 rings (SSSR count). The number of aryl methyl sites for hydroxylation is 2. The maximum absolute atomic E-state index is 12.5. The predicted molar refractivity (Wildman–Crippen MR) is 73.8 cm³/mol. The van der Waals surface area contributed by atoms with Crippen molar-refractivity contribution in [3.8, 4) is 0 Å². The molecule has 0 bridgehead atoms. The van der Waals surface area contributed by atoms with Crippen molar-refractivity contribution in [2.75, 3.05) is 19.6 Å². The molecule has 0 spiro atoms. The van der Waals surface area contributed by atoms with Crippen LogP contribution in [0, 0.1) is 19.3 Å². The summed E-state index contributed by atoms with van der Waals surface area (Å²) in [6.45, 7) is 8.10. The zero-order valence-electron chi connectivity index (χ0n) is 11.9. The molecule has 5 nitrogen and oxygen atoms in total. The van der Waals surface area contributed by atoms with E-state index >= 15 is 0 Å². The summed E-state index contributed by atoms with van der Waals surface area (Å²) in [5, 5.41) is 7.99. The van der Waals surface area contributed by atoms with Gasteiger partial charge in [-0.25, -0.2) is 0 Å². The van der Waals surface area contributed by atoms with Crippen molar-refractivity contribution >= 4 is 5.91 Å². The van der Waals surface area contributed by atoms with Crippen LogP contribution < -0.4 is 5.73 Å². The number of carbonyl (C=O) groups excluding carboxylic acids is 1. The van der Waals surface area contributed by atoms with Crippen molar-refractivity contribution in [3.05, 3.63) is 23.0 Å². The summed E-state index contributed by atoms with van der Waals surface area (Å²) in [5.74, 6) is 0.0644. The predicted octanol–water partition coefficient (Wildman–Crippen LogP) is 1.29. The summed E-state index contributed by atoms with van der Waals surface area (Å²) >= 11 is 0. The second kappa shape index (κ2) is 5.25. The number of likely N-dealkylation sites (tertiary alicyclic amines) is 1. The van der Waals surface area contributed by atoms with Gasteiger partial charge >= 0.3 is 0 Å². The third-order valence-corrected chi connectivity index (χ3v) is 4.08. The molecule has 1 aromatic heterocycles. The molecule has 104 valence electrons. The van der Waals surface area contributed by atoms with E-state index < -0.39 is 0 Å². The quantitative estimate of drug-likeness (QED) is 0.872. The topological polar surface area (TPSA) is 72.1 Å². The van der Waals surface area contributed by atoms with Gasteiger partial charge in [-0.15, -0.1) is 0 Å². The smallest absolute Gasteiger partial charge is 0.255 e. The monoisotopic (exact) mass is 262 g/mol. The lowest BCUT2D eigenvalue weighted by Gasteiger charge is -2.38. The Hall–Kier alpha value is -1.49. The molecule has 2 N–H and O–H groups in total. The largest absolute Gasteiger partial charge is 0.339 e. The van der Waals surface area contributed by atoms with Crippen LogP contribution in [0.5, 0.6) is 0 Å². The number of aromatic nitrogens is 2. The highest BCUT2D eigenvalue weighted by molar-refractivity contribution is 5.95. The molecular formula is C14H22N4O. The Kier molecular flexibility index (Phi) is 3.85. The van der Waals surface area contributed by atoms with E-state index in [-0.39, 0.29) is 11.3 Å². The summed E-state index contributed by atoms with van der Waals surface area (Å²) in [6, 6.07) is 1.82. The average Bonchev–Trinajstić information content (AvgIpc) is 2.42. The van der Waals surface area contributed by atoms with Gasteiger partial charge in [-0.1, -0.05) is 6.92 Å². The Labute approximate surface area is 114 Å². The molecule has 1 saturated heterocycles. The van der Waals surface area contributed by atoms with Crippen molar-refractivity contribution in [1.82, 2.24) is 15.1 Å². The summed E-state index contributed by atoms with van der Waals surface area (Å²) in [7, 11) is 0. The maximum Gasteiger partial charge on any atom is 0.255 e. The molecule has 1 aliphatic heterocycles. The lowest BCUT2D eigenvalue weighted by molar-refractivity contribution is 0.0616. The van der Waals surface area contributed by atoms with Gasteiger partial charge in [0.15, 0.2) is 0 Å². The van der Waals surface area contributed by atoms with Crippen LogP contribution in [0.3, 0.4) is 0 Å². The van der Waals surface area contributed by atoms with Crippen molar-refractivity contribution in [3.63, 3.8) is 0 Å². The molecule has 1 amide bonds. The minimum Gasteiger partial charge on any atom is -0.339 e. The number of carbonyl (C=O) groups is 1. The van der Waals surface area contributed by atoms with Gasteiger partial charge in [0.1, 0.15) is 0 Å². The first-order valence-electron chi connectivity index (χ1n) is 6.75. The molecule has 1 aromatic rings. The lowest BCUT2D eigenvalue weighted by Crippen LogP contribution is -2.45. The fourth-order valence-electron chi connectivity index (χ4n) is 2.39. The highest BCUT2D eigenvalue weighted by Gasteiger charge is 2.31. The molecule has 1 fully saturated rings. The van der Waals surface area contributed by atoms with Gasteiger partial charge in [0.2, 0.25) is 0 Å². The first kappa shape index (κ1) is 13.9. The van der Waals surface area contributed by atoms with Gasteiger partial charge in [-0.05, 0) is 44.7 Å². The molecular weight excluding hydrogens is 240 g/mol. The van der Waals surface area contributed by atoms with Crippen LogP contribution in [0.15, 0.2) is 6.07 Å². The van der Waals surface area contributed by atoms with E-state index in [0.717, 1.165) is 31.6 Å². The van der Waals surface area contributed by atoms with E-state index in [9.17, 15) is 4.79 Å². The second-order valence-electron chi connectivity index (χ2n) is 5.79. The molecule has 0 saturated carbocycles. The van der Waals surface area contributed by atoms with Gasteiger partial charge in [0.25, 0.3) is 5.91 Å². The molecule has 0 unspecified atom stereocenters. The number of nitrogens with zero attached hydrogens (tertiary/aromatic N) is 3. The van der Waals surface area contributed by atoms with Crippen LogP contribution in [0.25, 0.3) is 0 Å². The maximum atomic E-state index is 12.5. The fraction of sp³-hybridized carbons (Fsp3) is 0.643. The van der Waals surface area contributed by atoms with E-state index in [2.05, 4.69) is 17.1 Å². The summed E-state index contributed by atoms with van der Waals surface area (Å²) < 4.78 is 0. The Morgan fingerprint density at radius 1 is 1.37 bits per heavy atom. The first-order chi connectivity index (χ1) is 8.95. The SMILES string of the molecule is Cc1cc(C(=O)N2CCC(C)(CN)CC2)c(C)nn1. The molecule has 0 aromatic carbocycles. The summed E-state index contributed by atoms with van der Waals surface area (Å²) in [5.41, 5.74) is 8.11. The summed E-state index contributed by atoms with van der Waals surface area (Å²) in [4.78, 5) is 14.4. The van der Waals surface area contributed by atoms with Crippen molar-refractivity contribution in [1.29, 1.82) is 0 Å².